The highest BCUT2D eigenvalue weighted by atomic mass is 16.6. The number of carbonyl (C=O) groups is 4. The maximum absolute atomic E-state index is 14.7. The number of carbonyl (C=O) groups excluding carboxylic acids is 4. The summed E-state index contributed by atoms with van der Waals surface area (Å²) in [5, 5.41) is 9.52. The van der Waals surface area contributed by atoms with Gasteiger partial charge in [0, 0.05) is 39.2 Å². The molecule has 1 saturated carbocycles. The molecule has 1 spiro atoms. The van der Waals surface area contributed by atoms with Crippen LogP contribution in [0, 0.1) is 11.8 Å². The van der Waals surface area contributed by atoms with Crippen molar-refractivity contribution in [1.82, 2.24) is 14.7 Å². The topological polar surface area (TPSA) is 117 Å². The lowest BCUT2D eigenvalue weighted by Crippen LogP contribution is -2.58. The zero-order valence-electron chi connectivity index (χ0n) is 28.6. The number of fused-ring (bicyclic) bond motifs is 1. The fourth-order valence-electron chi connectivity index (χ4n) is 8.57. The van der Waals surface area contributed by atoms with Crippen molar-refractivity contribution in [1.29, 1.82) is 0 Å². The molecule has 4 fully saturated rings. The third kappa shape index (κ3) is 6.83. The summed E-state index contributed by atoms with van der Waals surface area (Å²) in [6, 6.07) is 8.04. The van der Waals surface area contributed by atoms with Gasteiger partial charge >= 0.3 is 5.97 Å². The van der Waals surface area contributed by atoms with Gasteiger partial charge in [0.15, 0.2) is 0 Å². The van der Waals surface area contributed by atoms with Crippen LogP contribution in [0.25, 0.3) is 0 Å². The Morgan fingerprint density at radius 2 is 1.83 bits per heavy atom. The van der Waals surface area contributed by atoms with E-state index in [-0.39, 0.29) is 36.9 Å². The van der Waals surface area contributed by atoms with Crippen LogP contribution < -0.4 is 0 Å². The second-order valence-electron chi connectivity index (χ2n) is 13.9. The highest BCUT2D eigenvalue weighted by molar-refractivity contribution is 5.98. The number of ether oxygens (including phenoxy) is 2. The van der Waals surface area contributed by atoms with Gasteiger partial charge in [-0.25, -0.2) is 0 Å². The Hall–Kier alpha value is -3.50. The molecule has 4 aliphatic rings. The average Bonchev–Trinajstić information content (AvgIpc) is 3.75. The minimum atomic E-state index is -1.14. The van der Waals surface area contributed by atoms with Crippen LogP contribution in [0.2, 0.25) is 0 Å². The van der Waals surface area contributed by atoms with Gasteiger partial charge in [-0.15, -0.1) is 13.2 Å². The van der Waals surface area contributed by atoms with Crippen molar-refractivity contribution >= 4 is 23.7 Å². The van der Waals surface area contributed by atoms with Crippen LogP contribution >= 0.6 is 0 Å². The SMILES string of the molecule is C=CCCC(=O)N(C)[C@@H](C)[C@@H](OC(=O)[C@@H]1[C@@H]2CC[C@]3(O2)[C@H](C(=O)N(CC=C)C2CCCCC2)N(CCCCO)C(=O)[C@@H]13)c1ccccc1. The first-order chi connectivity index (χ1) is 23.2. The Morgan fingerprint density at radius 3 is 2.50 bits per heavy atom. The number of esters is 1. The number of amides is 3. The largest absolute Gasteiger partial charge is 0.455 e. The summed E-state index contributed by atoms with van der Waals surface area (Å²) in [6.07, 6.45) is 10.0. The molecule has 3 aliphatic heterocycles. The molecule has 0 aromatic heterocycles. The van der Waals surface area contributed by atoms with Gasteiger partial charge in [-0.05, 0) is 57.4 Å². The number of hydrogen-bond donors (Lipinski definition) is 1. The minimum absolute atomic E-state index is 0.0169. The molecule has 1 aromatic carbocycles. The molecule has 262 valence electrons. The lowest BCUT2D eigenvalue weighted by atomic mass is 9.70. The van der Waals surface area contributed by atoms with E-state index in [1.165, 1.54) is 0 Å². The number of unbranched alkanes of at least 4 members (excludes halogenated alkanes) is 1. The number of likely N-dealkylation sites (N-methyl/N-ethyl adjacent to an activating group) is 1. The number of allylic oxidation sites excluding steroid dienone is 1. The third-order valence-electron chi connectivity index (χ3n) is 11.1. The Labute approximate surface area is 285 Å². The van der Waals surface area contributed by atoms with Crippen molar-refractivity contribution in [3.05, 3.63) is 61.2 Å². The summed E-state index contributed by atoms with van der Waals surface area (Å²) in [5.74, 6) is -2.79. The molecule has 0 unspecified atom stereocenters. The van der Waals surface area contributed by atoms with Crippen LogP contribution in [-0.2, 0) is 28.7 Å². The van der Waals surface area contributed by atoms with Gasteiger partial charge in [0.25, 0.3) is 0 Å². The van der Waals surface area contributed by atoms with Gasteiger partial charge in [-0.2, -0.15) is 0 Å². The van der Waals surface area contributed by atoms with E-state index in [1.807, 2.05) is 42.2 Å². The number of aliphatic hydroxyl groups excluding tert-OH is 1. The predicted molar refractivity (Wildman–Crippen MR) is 181 cm³/mol. The monoisotopic (exact) mass is 663 g/mol. The first-order valence-electron chi connectivity index (χ1n) is 17.8. The van der Waals surface area contributed by atoms with Gasteiger partial charge in [-0.1, -0.05) is 61.7 Å². The average molecular weight is 664 g/mol. The molecule has 1 aromatic rings. The highest BCUT2D eigenvalue weighted by Gasteiger charge is 2.75. The van der Waals surface area contributed by atoms with E-state index < -0.39 is 47.7 Å². The number of benzene rings is 1. The fourth-order valence-corrected chi connectivity index (χ4v) is 8.57. The number of hydrogen-bond acceptors (Lipinski definition) is 7. The van der Waals surface area contributed by atoms with Crippen LogP contribution in [0.4, 0.5) is 0 Å². The minimum Gasteiger partial charge on any atom is -0.455 e. The third-order valence-corrected chi connectivity index (χ3v) is 11.1. The molecule has 1 N–H and O–H groups in total. The van der Waals surface area contributed by atoms with E-state index in [1.54, 1.807) is 29.0 Å². The van der Waals surface area contributed by atoms with E-state index in [0.717, 1.165) is 37.7 Å². The predicted octanol–water partition coefficient (Wildman–Crippen LogP) is 4.58. The van der Waals surface area contributed by atoms with Crippen LogP contribution in [0.3, 0.4) is 0 Å². The number of nitrogens with zero attached hydrogens (tertiary/aromatic N) is 3. The summed E-state index contributed by atoms with van der Waals surface area (Å²) in [4.78, 5) is 61.6. The molecule has 2 bridgehead atoms. The summed E-state index contributed by atoms with van der Waals surface area (Å²) in [5.41, 5.74) is -0.398. The van der Waals surface area contributed by atoms with Crippen molar-refractivity contribution < 1.29 is 33.8 Å². The zero-order chi connectivity index (χ0) is 34.4. The van der Waals surface area contributed by atoms with E-state index in [9.17, 15) is 24.3 Å². The molecular weight excluding hydrogens is 610 g/mol. The Kier molecular flexibility index (Phi) is 11.8. The number of likely N-dealkylation sites (tertiary alicyclic amines) is 1. The van der Waals surface area contributed by atoms with E-state index >= 15 is 0 Å². The van der Waals surface area contributed by atoms with E-state index in [4.69, 9.17) is 9.47 Å². The van der Waals surface area contributed by atoms with Crippen molar-refractivity contribution in [3.63, 3.8) is 0 Å². The molecule has 48 heavy (non-hydrogen) atoms. The summed E-state index contributed by atoms with van der Waals surface area (Å²) in [6.45, 7) is 10.1. The van der Waals surface area contributed by atoms with Gasteiger partial charge in [0.05, 0.1) is 24.0 Å². The van der Waals surface area contributed by atoms with Crippen molar-refractivity contribution in [2.75, 3.05) is 26.7 Å². The quantitative estimate of drug-likeness (QED) is 0.156. The van der Waals surface area contributed by atoms with Gasteiger partial charge in [-0.3, -0.25) is 19.2 Å². The summed E-state index contributed by atoms with van der Waals surface area (Å²) >= 11 is 0. The molecule has 10 heteroatoms. The van der Waals surface area contributed by atoms with Gasteiger partial charge in [0.1, 0.15) is 17.7 Å². The first-order valence-corrected chi connectivity index (χ1v) is 17.8. The van der Waals surface area contributed by atoms with Crippen LogP contribution in [0.1, 0.15) is 89.2 Å². The van der Waals surface area contributed by atoms with E-state index in [2.05, 4.69) is 13.2 Å². The maximum Gasteiger partial charge on any atom is 0.313 e. The Bertz CT molecular complexity index is 1330. The normalized spacial score (nSPS) is 27.6. The number of rotatable bonds is 16. The molecule has 10 nitrogen and oxygen atoms in total. The first kappa shape index (κ1) is 35.8. The lowest BCUT2D eigenvalue weighted by Gasteiger charge is -2.40. The van der Waals surface area contributed by atoms with Crippen molar-refractivity contribution in [3.8, 4) is 0 Å². The summed E-state index contributed by atoms with van der Waals surface area (Å²) < 4.78 is 13.0. The Balaban J connectivity index is 1.45. The molecule has 0 radical (unpaired) electrons. The lowest BCUT2D eigenvalue weighted by molar-refractivity contribution is -0.164. The maximum atomic E-state index is 14.7. The van der Waals surface area contributed by atoms with Gasteiger partial charge < -0.3 is 29.3 Å². The molecule has 1 aliphatic carbocycles. The Morgan fingerprint density at radius 1 is 1.10 bits per heavy atom. The van der Waals surface area contributed by atoms with Crippen LogP contribution in [0.5, 0.6) is 0 Å². The van der Waals surface area contributed by atoms with Crippen molar-refractivity contribution in [2.45, 2.75) is 113 Å². The molecule has 3 saturated heterocycles. The molecule has 3 amide bonds. The standard InChI is InChI=1S/C38H53N3O7/c1-5-7-20-30(43)39(4)26(3)33(27-16-10-8-11-17-27)47-37(46)31-29-21-22-38(48-29)32(31)35(44)41(24-14-15-25-42)34(38)36(45)40(23-6-2)28-18-12-9-13-19-28/h5-6,8,10-11,16-17,26,28-29,31-34,42H,1-2,7,9,12-15,18-25H2,3-4H3/t26-,29-,31+,32+,33+,34-,38+/m0/s1. The van der Waals surface area contributed by atoms with Crippen LogP contribution in [-0.4, -0.2) is 100 Å². The molecular formula is C38H53N3O7. The van der Waals surface area contributed by atoms with Gasteiger partial charge in [0.2, 0.25) is 17.7 Å². The molecule has 3 heterocycles. The van der Waals surface area contributed by atoms with Crippen molar-refractivity contribution in [2.24, 2.45) is 11.8 Å². The fraction of sp³-hybridized carbons (Fsp3) is 0.632. The van der Waals surface area contributed by atoms with E-state index in [0.29, 0.717) is 45.1 Å². The number of aliphatic hydroxyl groups is 1. The highest BCUT2D eigenvalue weighted by Crippen LogP contribution is 2.59. The second-order valence-corrected chi connectivity index (χ2v) is 13.9. The molecule has 7 atom stereocenters. The summed E-state index contributed by atoms with van der Waals surface area (Å²) in [7, 11) is 1.71. The van der Waals surface area contributed by atoms with Crippen LogP contribution in [0.15, 0.2) is 55.6 Å². The molecule has 5 rings (SSSR count). The smallest absolute Gasteiger partial charge is 0.313 e. The zero-order valence-corrected chi connectivity index (χ0v) is 28.6. The second kappa shape index (κ2) is 15.8.